The Bertz CT molecular complexity index is 588. The lowest BCUT2D eigenvalue weighted by Crippen LogP contribution is -1.97. The Balaban J connectivity index is 2.69. The van der Waals surface area contributed by atoms with Crippen LogP contribution in [-0.2, 0) is 0 Å². The first-order valence-corrected chi connectivity index (χ1v) is 5.89. The van der Waals surface area contributed by atoms with Gasteiger partial charge in [-0.25, -0.2) is 4.79 Å². The summed E-state index contributed by atoms with van der Waals surface area (Å²) in [7, 11) is 0. The summed E-state index contributed by atoms with van der Waals surface area (Å²) in [5, 5.41) is 10.8. The SMILES string of the molecule is O=C(O)c1cccc2c(C=CCS)cccc12. The van der Waals surface area contributed by atoms with Crippen molar-refractivity contribution in [2.45, 2.75) is 0 Å². The topological polar surface area (TPSA) is 37.3 Å². The molecule has 0 aromatic heterocycles. The Morgan fingerprint density at radius 1 is 1.18 bits per heavy atom. The number of hydrogen-bond donors (Lipinski definition) is 2. The lowest BCUT2D eigenvalue weighted by molar-refractivity contribution is 0.0699. The highest BCUT2D eigenvalue weighted by Gasteiger charge is 2.08. The van der Waals surface area contributed by atoms with Crippen molar-refractivity contribution in [2.75, 3.05) is 5.75 Å². The second-order valence-corrected chi connectivity index (χ2v) is 4.00. The second-order valence-electron chi connectivity index (χ2n) is 3.64. The number of carboxylic acids is 1. The third-order valence-corrected chi connectivity index (χ3v) is 2.80. The molecule has 0 heterocycles. The van der Waals surface area contributed by atoms with Gasteiger partial charge in [0, 0.05) is 5.75 Å². The zero-order chi connectivity index (χ0) is 12.3. The average Bonchev–Trinajstić information content (AvgIpc) is 2.35. The van der Waals surface area contributed by atoms with Gasteiger partial charge in [-0.05, 0) is 22.4 Å². The molecule has 0 bridgehead atoms. The maximum Gasteiger partial charge on any atom is 0.336 e. The summed E-state index contributed by atoms with van der Waals surface area (Å²) in [6.07, 6.45) is 3.90. The molecule has 2 nitrogen and oxygen atoms in total. The molecule has 0 atom stereocenters. The van der Waals surface area contributed by atoms with Gasteiger partial charge in [0.2, 0.25) is 0 Å². The molecule has 2 aromatic rings. The Kier molecular flexibility index (Phi) is 3.49. The van der Waals surface area contributed by atoms with Crippen molar-refractivity contribution in [1.82, 2.24) is 0 Å². The predicted octanol–water partition coefficient (Wildman–Crippen LogP) is 3.48. The minimum absolute atomic E-state index is 0.337. The molecule has 86 valence electrons. The van der Waals surface area contributed by atoms with Gasteiger partial charge in [0.1, 0.15) is 0 Å². The monoisotopic (exact) mass is 244 g/mol. The van der Waals surface area contributed by atoms with Crippen LogP contribution in [0.15, 0.2) is 42.5 Å². The van der Waals surface area contributed by atoms with Gasteiger partial charge < -0.3 is 5.11 Å². The van der Waals surface area contributed by atoms with Gasteiger partial charge in [-0.15, -0.1) is 0 Å². The lowest BCUT2D eigenvalue weighted by atomic mass is 10.00. The molecule has 0 aliphatic rings. The molecule has 0 aliphatic heterocycles. The van der Waals surface area contributed by atoms with E-state index in [1.807, 2.05) is 36.4 Å². The summed E-state index contributed by atoms with van der Waals surface area (Å²) >= 11 is 4.12. The van der Waals surface area contributed by atoms with Gasteiger partial charge in [-0.3, -0.25) is 0 Å². The molecule has 0 aliphatic carbocycles. The van der Waals surface area contributed by atoms with Gasteiger partial charge in [-0.1, -0.05) is 42.5 Å². The van der Waals surface area contributed by atoms with E-state index < -0.39 is 5.97 Å². The summed E-state index contributed by atoms with van der Waals surface area (Å²) in [5.41, 5.74) is 1.35. The van der Waals surface area contributed by atoms with E-state index >= 15 is 0 Å². The lowest BCUT2D eigenvalue weighted by Gasteiger charge is -2.05. The quantitative estimate of drug-likeness (QED) is 0.811. The van der Waals surface area contributed by atoms with Crippen molar-refractivity contribution in [3.05, 3.63) is 53.6 Å². The molecule has 0 amide bonds. The molecule has 0 fully saturated rings. The normalized spacial score (nSPS) is 11.1. The second kappa shape index (κ2) is 5.06. The van der Waals surface area contributed by atoms with Crippen LogP contribution in [0, 0.1) is 0 Å². The molecule has 0 unspecified atom stereocenters. The Morgan fingerprint density at radius 2 is 1.88 bits per heavy atom. The van der Waals surface area contributed by atoms with Crippen LogP contribution in [0.25, 0.3) is 16.8 Å². The van der Waals surface area contributed by atoms with Gasteiger partial charge in [0.15, 0.2) is 0 Å². The molecular weight excluding hydrogens is 232 g/mol. The van der Waals surface area contributed by atoms with Gasteiger partial charge in [0.25, 0.3) is 0 Å². The predicted molar refractivity (Wildman–Crippen MR) is 73.8 cm³/mol. The number of benzene rings is 2. The largest absolute Gasteiger partial charge is 0.478 e. The summed E-state index contributed by atoms with van der Waals surface area (Å²) in [5.74, 6) is -0.236. The van der Waals surface area contributed by atoms with E-state index in [1.165, 1.54) is 0 Å². The molecule has 0 saturated heterocycles. The summed E-state index contributed by atoms with van der Waals surface area (Å²) < 4.78 is 0. The van der Waals surface area contributed by atoms with Crippen molar-refractivity contribution in [1.29, 1.82) is 0 Å². The summed E-state index contributed by atoms with van der Waals surface area (Å²) in [6, 6.07) is 11.0. The first kappa shape index (κ1) is 11.7. The number of carbonyl (C=O) groups is 1. The van der Waals surface area contributed by atoms with E-state index in [2.05, 4.69) is 12.6 Å². The van der Waals surface area contributed by atoms with Crippen molar-refractivity contribution < 1.29 is 9.90 Å². The molecule has 2 rings (SSSR count). The third-order valence-electron chi connectivity index (χ3n) is 2.59. The van der Waals surface area contributed by atoms with Crippen LogP contribution in [0.4, 0.5) is 0 Å². The fraction of sp³-hybridized carbons (Fsp3) is 0.0714. The smallest absolute Gasteiger partial charge is 0.336 e. The third kappa shape index (κ3) is 2.34. The number of aromatic carboxylic acids is 1. The number of hydrogen-bond acceptors (Lipinski definition) is 2. The van der Waals surface area contributed by atoms with Crippen molar-refractivity contribution in [3.8, 4) is 0 Å². The molecule has 1 N–H and O–H groups in total. The molecule has 0 radical (unpaired) electrons. The van der Waals surface area contributed by atoms with E-state index in [4.69, 9.17) is 5.11 Å². The molecule has 17 heavy (non-hydrogen) atoms. The molecule has 3 heteroatoms. The zero-order valence-electron chi connectivity index (χ0n) is 9.13. The van der Waals surface area contributed by atoms with Gasteiger partial charge in [-0.2, -0.15) is 12.6 Å². The highest BCUT2D eigenvalue weighted by Crippen LogP contribution is 2.23. The van der Waals surface area contributed by atoms with Crippen LogP contribution in [-0.4, -0.2) is 16.8 Å². The fourth-order valence-electron chi connectivity index (χ4n) is 1.85. The van der Waals surface area contributed by atoms with Crippen molar-refractivity contribution >= 4 is 35.4 Å². The van der Waals surface area contributed by atoms with Gasteiger partial charge >= 0.3 is 5.97 Å². The Labute approximate surface area is 105 Å². The Hall–Kier alpha value is -1.74. The molecule has 0 saturated carbocycles. The molecule has 2 aromatic carbocycles. The molecular formula is C14H12O2S. The zero-order valence-corrected chi connectivity index (χ0v) is 10.0. The van der Waals surface area contributed by atoms with Crippen LogP contribution < -0.4 is 0 Å². The number of carboxylic acid groups (broad SMARTS) is 1. The standard InChI is InChI=1S/C14H12O2S/c15-14(16)13-8-2-6-11-10(5-3-9-17)4-1-7-12(11)13/h1-8,17H,9H2,(H,15,16). The summed E-state index contributed by atoms with van der Waals surface area (Å²) in [6.45, 7) is 0. The molecule has 0 spiro atoms. The van der Waals surface area contributed by atoms with Crippen molar-refractivity contribution in [3.63, 3.8) is 0 Å². The van der Waals surface area contributed by atoms with Crippen LogP contribution in [0.3, 0.4) is 0 Å². The first-order chi connectivity index (χ1) is 8.24. The first-order valence-electron chi connectivity index (χ1n) is 5.26. The van der Waals surface area contributed by atoms with E-state index in [9.17, 15) is 4.79 Å². The van der Waals surface area contributed by atoms with Crippen LogP contribution in [0.5, 0.6) is 0 Å². The average molecular weight is 244 g/mol. The number of fused-ring (bicyclic) bond motifs is 1. The maximum absolute atomic E-state index is 11.1. The Morgan fingerprint density at radius 3 is 2.59 bits per heavy atom. The van der Waals surface area contributed by atoms with Crippen LogP contribution in [0.2, 0.25) is 0 Å². The van der Waals surface area contributed by atoms with Crippen LogP contribution in [0.1, 0.15) is 15.9 Å². The maximum atomic E-state index is 11.1. The minimum atomic E-state index is -0.897. The number of rotatable bonds is 3. The van der Waals surface area contributed by atoms with Crippen LogP contribution >= 0.6 is 12.6 Å². The van der Waals surface area contributed by atoms with Crippen molar-refractivity contribution in [2.24, 2.45) is 0 Å². The number of thiol groups is 1. The highest BCUT2D eigenvalue weighted by molar-refractivity contribution is 7.80. The van der Waals surface area contributed by atoms with Gasteiger partial charge in [0.05, 0.1) is 5.56 Å². The minimum Gasteiger partial charge on any atom is -0.478 e. The highest BCUT2D eigenvalue weighted by atomic mass is 32.1. The van der Waals surface area contributed by atoms with E-state index in [0.29, 0.717) is 11.3 Å². The summed E-state index contributed by atoms with van der Waals surface area (Å²) in [4.78, 5) is 11.1. The fourth-order valence-corrected chi connectivity index (χ4v) is 1.95. The van der Waals surface area contributed by atoms with E-state index in [1.54, 1.807) is 12.1 Å². The van der Waals surface area contributed by atoms with E-state index in [0.717, 1.165) is 16.3 Å². The van der Waals surface area contributed by atoms with E-state index in [-0.39, 0.29) is 0 Å².